The average Bonchev–Trinajstić information content (AvgIpc) is 2.04. The molecule has 1 nitrogen and oxygen atoms in total. The number of thioether (sulfide) groups is 1. The summed E-state index contributed by atoms with van der Waals surface area (Å²) in [4.78, 5) is 0. The summed E-state index contributed by atoms with van der Waals surface area (Å²) in [6.45, 7) is 8.75. The van der Waals surface area contributed by atoms with Gasteiger partial charge in [-0.1, -0.05) is 34.1 Å². The predicted molar refractivity (Wildman–Crippen MR) is 62.2 cm³/mol. The van der Waals surface area contributed by atoms with Gasteiger partial charge in [0, 0.05) is 5.75 Å². The maximum atomic E-state index is 9.74. The Kier molecular flexibility index (Phi) is 7.87. The predicted octanol–water partition coefficient (Wildman–Crippen LogP) is 3.17. The van der Waals surface area contributed by atoms with E-state index in [2.05, 4.69) is 27.7 Å². The lowest BCUT2D eigenvalue weighted by Gasteiger charge is -2.18. The SMILES string of the molecule is CCCC(C)C(O)CSCC(C)C. The van der Waals surface area contributed by atoms with Crippen LogP contribution in [0.1, 0.15) is 40.5 Å². The van der Waals surface area contributed by atoms with E-state index in [9.17, 15) is 5.11 Å². The Morgan fingerprint density at radius 1 is 1.15 bits per heavy atom. The molecule has 2 heteroatoms. The summed E-state index contributed by atoms with van der Waals surface area (Å²) in [7, 11) is 0. The van der Waals surface area contributed by atoms with Gasteiger partial charge in [-0.05, 0) is 24.0 Å². The van der Waals surface area contributed by atoms with Crippen molar-refractivity contribution in [2.75, 3.05) is 11.5 Å². The Bertz CT molecular complexity index is 115. The molecule has 1 N–H and O–H groups in total. The normalized spacial score (nSPS) is 16.2. The van der Waals surface area contributed by atoms with Crippen LogP contribution in [0.25, 0.3) is 0 Å². The molecular formula is C11H24OS. The first-order valence-corrected chi connectivity index (χ1v) is 6.49. The molecule has 0 heterocycles. The molecule has 0 bridgehead atoms. The number of aliphatic hydroxyl groups excluding tert-OH is 1. The number of rotatable bonds is 7. The Morgan fingerprint density at radius 2 is 1.77 bits per heavy atom. The van der Waals surface area contributed by atoms with Gasteiger partial charge in [-0.15, -0.1) is 0 Å². The van der Waals surface area contributed by atoms with Crippen LogP contribution >= 0.6 is 11.8 Å². The average molecular weight is 204 g/mol. The second-order valence-electron chi connectivity index (χ2n) is 4.26. The van der Waals surface area contributed by atoms with E-state index in [4.69, 9.17) is 0 Å². The van der Waals surface area contributed by atoms with Crippen molar-refractivity contribution in [3.8, 4) is 0 Å². The van der Waals surface area contributed by atoms with Crippen LogP contribution in [0.5, 0.6) is 0 Å². The third-order valence-electron chi connectivity index (χ3n) is 2.14. The van der Waals surface area contributed by atoms with E-state index in [1.807, 2.05) is 11.8 Å². The van der Waals surface area contributed by atoms with E-state index in [1.54, 1.807) is 0 Å². The molecule has 0 fully saturated rings. The summed E-state index contributed by atoms with van der Waals surface area (Å²) < 4.78 is 0. The highest BCUT2D eigenvalue weighted by molar-refractivity contribution is 7.99. The molecule has 0 aromatic carbocycles. The molecule has 0 amide bonds. The van der Waals surface area contributed by atoms with Gasteiger partial charge in [0.05, 0.1) is 6.10 Å². The quantitative estimate of drug-likeness (QED) is 0.687. The Morgan fingerprint density at radius 3 is 2.23 bits per heavy atom. The third-order valence-corrected chi connectivity index (χ3v) is 3.62. The minimum absolute atomic E-state index is 0.108. The van der Waals surface area contributed by atoms with Crippen LogP contribution in [-0.4, -0.2) is 22.7 Å². The highest BCUT2D eigenvalue weighted by Crippen LogP contribution is 2.16. The van der Waals surface area contributed by atoms with Crippen molar-refractivity contribution in [2.24, 2.45) is 11.8 Å². The molecule has 0 aromatic rings. The molecule has 0 aliphatic carbocycles. The maximum Gasteiger partial charge on any atom is 0.0656 e. The van der Waals surface area contributed by atoms with Gasteiger partial charge in [0.25, 0.3) is 0 Å². The van der Waals surface area contributed by atoms with E-state index in [-0.39, 0.29) is 6.10 Å². The molecule has 0 saturated carbocycles. The summed E-state index contributed by atoms with van der Waals surface area (Å²) in [5, 5.41) is 9.74. The number of hydrogen-bond donors (Lipinski definition) is 1. The molecule has 2 atom stereocenters. The minimum Gasteiger partial charge on any atom is -0.392 e. The molecule has 0 aliphatic rings. The number of hydrogen-bond acceptors (Lipinski definition) is 2. The third kappa shape index (κ3) is 7.39. The molecule has 0 saturated heterocycles. The molecule has 0 aromatic heterocycles. The Balaban J connectivity index is 3.43. The molecule has 0 aliphatic heterocycles. The van der Waals surface area contributed by atoms with Crippen molar-refractivity contribution in [1.82, 2.24) is 0 Å². The second kappa shape index (κ2) is 7.69. The van der Waals surface area contributed by atoms with E-state index in [1.165, 1.54) is 6.42 Å². The zero-order valence-electron chi connectivity index (χ0n) is 9.42. The summed E-state index contributed by atoms with van der Waals surface area (Å²) in [6, 6.07) is 0. The Labute approximate surface area is 87.3 Å². The zero-order valence-corrected chi connectivity index (χ0v) is 10.2. The van der Waals surface area contributed by atoms with Crippen LogP contribution in [0, 0.1) is 11.8 Å². The van der Waals surface area contributed by atoms with E-state index in [0.29, 0.717) is 5.92 Å². The lowest BCUT2D eigenvalue weighted by molar-refractivity contribution is 0.134. The molecule has 80 valence electrons. The molecule has 2 unspecified atom stereocenters. The van der Waals surface area contributed by atoms with Crippen LogP contribution in [0.15, 0.2) is 0 Å². The summed E-state index contributed by atoms with van der Waals surface area (Å²) in [6.07, 6.45) is 2.21. The van der Waals surface area contributed by atoms with Crippen molar-refractivity contribution < 1.29 is 5.11 Å². The van der Waals surface area contributed by atoms with Gasteiger partial charge in [0.1, 0.15) is 0 Å². The highest BCUT2D eigenvalue weighted by Gasteiger charge is 2.12. The van der Waals surface area contributed by atoms with Gasteiger partial charge in [0.2, 0.25) is 0 Å². The minimum atomic E-state index is -0.108. The van der Waals surface area contributed by atoms with Crippen LogP contribution in [0.4, 0.5) is 0 Å². The smallest absolute Gasteiger partial charge is 0.0656 e. The van der Waals surface area contributed by atoms with Crippen molar-refractivity contribution in [3.05, 3.63) is 0 Å². The van der Waals surface area contributed by atoms with Crippen molar-refractivity contribution in [2.45, 2.75) is 46.6 Å². The van der Waals surface area contributed by atoms with Crippen LogP contribution in [0.2, 0.25) is 0 Å². The van der Waals surface area contributed by atoms with E-state index >= 15 is 0 Å². The van der Waals surface area contributed by atoms with Gasteiger partial charge in [-0.2, -0.15) is 11.8 Å². The first kappa shape index (κ1) is 13.3. The van der Waals surface area contributed by atoms with Gasteiger partial charge in [-0.3, -0.25) is 0 Å². The standard InChI is InChI=1S/C11H24OS/c1-5-6-10(4)11(12)8-13-7-9(2)3/h9-12H,5-8H2,1-4H3. The summed E-state index contributed by atoms with van der Waals surface area (Å²) in [5.41, 5.74) is 0. The fourth-order valence-electron chi connectivity index (χ4n) is 1.24. The van der Waals surface area contributed by atoms with Crippen molar-refractivity contribution in [3.63, 3.8) is 0 Å². The van der Waals surface area contributed by atoms with Crippen molar-refractivity contribution >= 4 is 11.8 Å². The first-order chi connectivity index (χ1) is 6.07. The maximum absolute atomic E-state index is 9.74. The summed E-state index contributed by atoms with van der Waals surface area (Å²) >= 11 is 1.87. The van der Waals surface area contributed by atoms with Crippen molar-refractivity contribution in [1.29, 1.82) is 0 Å². The topological polar surface area (TPSA) is 20.2 Å². The van der Waals surface area contributed by atoms with Gasteiger partial charge in [0.15, 0.2) is 0 Å². The van der Waals surface area contributed by atoms with Crippen LogP contribution in [-0.2, 0) is 0 Å². The highest BCUT2D eigenvalue weighted by atomic mass is 32.2. The summed E-state index contributed by atoms with van der Waals surface area (Å²) in [5.74, 6) is 3.26. The second-order valence-corrected chi connectivity index (χ2v) is 5.34. The molecule has 13 heavy (non-hydrogen) atoms. The lowest BCUT2D eigenvalue weighted by atomic mass is 10.0. The van der Waals surface area contributed by atoms with Gasteiger partial charge >= 0.3 is 0 Å². The van der Waals surface area contributed by atoms with Gasteiger partial charge < -0.3 is 5.11 Å². The fourth-order valence-corrected chi connectivity index (χ4v) is 2.41. The van der Waals surface area contributed by atoms with Crippen LogP contribution < -0.4 is 0 Å². The molecule has 0 spiro atoms. The van der Waals surface area contributed by atoms with E-state index in [0.717, 1.165) is 23.8 Å². The lowest BCUT2D eigenvalue weighted by Crippen LogP contribution is -2.20. The zero-order chi connectivity index (χ0) is 10.3. The monoisotopic (exact) mass is 204 g/mol. The molecule has 0 rings (SSSR count). The Hall–Kier alpha value is 0.310. The van der Waals surface area contributed by atoms with Gasteiger partial charge in [-0.25, -0.2) is 0 Å². The molecule has 0 radical (unpaired) electrons. The first-order valence-electron chi connectivity index (χ1n) is 5.33. The number of aliphatic hydroxyl groups is 1. The van der Waals surface area contributed by atoms with E-state index < -0.39 is 0 Å². The van der Waals surface area contributed by atoms with Crippen LogP contribution in [0.3, 0.4) is 0 Å². The fraction of sp³-hybridized carbons (Fsp3) is 1.00. The largest absolute Gasteiger partial charge is 0.392 e. The molecular weight excluding hydrogens is 180 g/mol.